The van der Waals surface area contributed by atoms with E-state index >= 15 is 0 Å². The molecule has 1 aromatic carbocycles. The van der Waals surface area contributed by atoms with E-state index in [0.29, 0.717) is 23.4 Å². The van der Waals surface area contributed by atoms with Gasteiger partial charge in [-0.05, 0) is 38.5 Å². The molecule has 1 rings (SSSR count). The normalized spacial score (nSPS) is 10.8. The SMILES string of the molecule is CC(C)N(CCCO)C(=O)c1ccc(Br)cc1S. The third-order valence-corrected chi connectivity index (χ3v) is 3.49. The molecule has 100 valence electrons. The first-order chi connectivity index (χ1) is 8.47. The summed E-state index contributed by atoms with van der Waals surface area (Å²) in [6.07, 6.45) is 0.586. The van der Waals surface area contributed by atoms with E-state index in [4.69, 9.17) is 5.11 Å². The molecule has 0 aliphatic heterocycles. The molecule has 1 aromatic rings. The molecule has 5 heteroatoms. The third kappa shape index (κ3) is 4.00. The summed E-state index contributed by atoms with van der Waals surface area (Å²) >= 11 is 7.68. The van der Waals surface area contributed by atoms with Crippen molar-refractivity contribution < 1.29 is 9.90 Å². The predicted molar refractivity (Wildman–Crippen MR) is 79.3 cm³/mol. The van der Waals surface area contributed by atoms with Gasteiger partial charge in [0.15, 0.2) is 0 Å². The first-order valence-corrected chi connectivity index (χ1v) is 7.11. The van der Waals surface area contributed by atoms with Gasteiger partial charge in [-0.15, -0.1) is 12.6 Å². The molecule has 18 heavy (non-hydrogen) atoms. The zero-order valence-corrected chi connectivity index (χ0v) is 13.0. The number of aliphatic hydroxyl groups is 1. The minimum atomic E-state index is -0.0454. The minimum Gasteiger partial charge on any atom is -0.396 e. The average Bonchev–Trinajstić information content (AvgIpc) is 2.28. The van der Waals surface area contributed by atoms with Crippen LogP contribution in [0.5, 0.6) is 0 Å². The molecule has 0 aliphatic rings. The van der Waals surface area contributed by atoms with Crippen molar-refractivity contribution >= 4 is 34.5 Å². The maximum absolute atomic E-state index is 12.4. The van der Waals surface area contributed by atoms with E-state index in [1.54, 1.807) is 17.0 Å². The molecule has 0 heterocycles. The summed E-state index contributed by atoms with van der Waals surface area (Å²) in [6, 6.07) is 5.50. The summed E-state index contributed by atoms with van der Waals surface area (Å²) in [7, 11) is 0. The molecule has 0 radical (unpaired) electrons. The summed E-state index contributed by atoms with van der Waals surface area (Å²) < 4.78 is 0.899. The summed E-state index contributed by atoms with van der Waals surface area (Å²) in [5.74, 6) is -0.0454. The Balaban J connectivity index is 2.94. The average molecular weight is 332 g/mol. The smallest absolute Gasteiger partial charge is 0.255 e. The van der Waals surface area contributed by atoms with Crippen LogP contribution < -0.4 is 0 Å². The number of benzene rings is 1. The summed E-state index contributed by atoms with van der Waals surface area (Å²) in [5, 5.41) is 8.88. The van der Waals surface area contributed by atoms with Gasteiger partial charge >= 0.3 is 0 Å². The number of hydrogen-bond donors (Lipinski definition) is 2. The number of halogens is 1. The molecule has 1 N–H and O–H groups in total. The largest absolute Gasteiger partial charge is 0.396 e. The maximum Gasteiger partial charge on any atom is 0.255 e. The number of amides is 1. The van der Waals surface area contributed by atoms with Crippen LogP contribution in [-0.4, -0.2) is 35.1 Å². The van der Waals surface area contributed by atoms with Crippen LogP contribution in [0.2, 0.25) is 0 Å². The van der Waals surface area contributed by atoms with Gasteiger partial charge in [-0.25, -0.2) is 0 Å². The third-order valence-electron chi connectivity index (χ3n) is 2.63. The molecule has 0 spiro atoms. The Morgan fingerprint density at radius 3 is 2.67 bits per heavy atom. The van der Waals surface area contributed by atoms with Gasteiger partial charge in [0.05, 0.1) is 5.56 Å². The van der Waals surface area contributed by atoms with Crippen molar-refractivity contribution in [2.24, 2.45) is 0 Å². The highest BCUT2D eigenvalue weighted by Crippen LogP contribution is 2.22. The van der Waals surface area contributed by atoms with E-state index in [1.807, 2.05) is 19.9 Å². The molecule has 0 bridgehead atoms. The summed E-state index contributed by atoms with van der Waals surface area (Å²) in [4.78, 5) is 14.8. The van der Waals surface area contributed by atoms with Gasteiger partial charge in [-0.1, -0.05) is 15.9 Å². The van der Waals surface area contributed by atoms with E-state index < -0.39 is 0 Å². The molecule has 3 nitrogen and oxygen atoms in total. The Labute approximate surface area is 122 Å². The number of aliphatic hydroxyl groups excluding tert-OH is 1. The van der Waals surface area contributed by atoms with Crippen molar-refractivity contribution in [1.82, 2.24) is 4.90 Å². The van der Waals surface area contributed by atoms with Crippen LogP contribution in [0.25, 0.3) is 0 Å². The van der Waals surface area contributed by atoms with Crippen LogP contribution in [0.3, 0.4) is 0 Å². The lowest BCUT2D eigenvalue weighted by Crippen LogP contribution is -2.38. The lowest BCUT2D eigenvalue weighted by Gasteiger charge is -2.27. The van der Waals surface area contributed by atoms with E-state index in [9.17, 15) is 4.79 Å². The standard InChI is InChI=1S/C13H18BrNO2S/c1-9(2)15(6-3-7-16)13(17)11-5-4-10(14)8-12(11)18/h4-5,8-9,16,18H,3,6-7H2,1-2H3. The lowest BCUT2D eigenvalue weighted by molar-refractivity contribution is 0.0689. The topological polar surface area (TPSA) is 40.5 Å². The van der Waals surface area contributed by atoms with E-state index in [0.717, 1.165) is 4.47 Å². The molecule has 0 saturated heterocycles. The quantitative estimate of drug-likeness (QED) is 0.814. The van der Waals surface area contributed by atoms with Gasteiger partial charge in [0.2, 0.25) is 0 Å². The fourth-order valence-corrected chi connectivity index (χ4v) is 2.52. The van der Waals surface area contributed by atoms with Crippen molar-refractivity contribution in [2.45, 2.75) is 31.2 Å². The molecule has 0 fully saturated rings. The number of carbonyl (C=O) groups excluding carboxylic acids is 1. The van der Waals surface area contributed by atoms with Crippen LogP contribution in [0.1, 0.15) is 30.6 Å². The van der Waals surface area contributed by atoms with Gasteiger partial charge < -0.3 is 10.0 Å². The fraction of sp³-hybridized carbons (Fsp3) is 0.462. The second-order valence-corrected chi connectivity index (χ2v) is 5.73. The van der Waals surface area contributed by atoms with Gasteiger partial charge in [-0.3, -0.25) is 4.79 Å². The first kappa shape index (κ1) is 15.5. The minimum absolute atomic E-state index is 0.0454. The highest BCUT2D eigenvalue weighted by atomic mass is 79.9. The highest BCUT2D eigenvalue weighted by molar-refractivity contribution is 9.10. The van der Waals surface area contributed by atoms with Crippen molar-refractivity contribution in [1.29, 1.82) is 0 Å². The predicted octanol–water partition coefficient (Wildman–Crippen LogP) is 2.97. The molecular weight excluding hydrogens is 314 g/mol. The fourth-order valence-electron chi connectivity index (χ4n) is 1.68. The molecule has 0 aliphatic carbocycles. The van der Waals surface area contributed by atoms with Crippen LogP contribution >= 0.6 is 28.6 Å². The maximum atomic E-state index is 12.4. The van der Waals surface area contributed by atoms with E-state index in [-0.39, 0.29) is 18.6 Å². The van der Waals surface area contributed by atoms with Crippen LogP contribution in [0, 0.1) is 0 Å². The van der Waals surface area contributed by atoms with Crippen LogP contribution in [0.4, 0.5) is 0 Å². The van der Waals surface area contributed by atoms with Crippen LogP contribution in [-0.2, 0) is 0 Å². The second kappa shape index (κ2) is 7.16. The Kier molecular flexibility index (Phi) is 6.18. The number of rotatable bonds is 5. The molecule has 0 unspecified atom stereocenters. The lowest BCUT2D eigenvalue weighted by atomic mass is 10.1. The van der Waals surface area contributed by atoms with Gasteiger partial charge in [0, 0.05) is 28.6 Å². The summed E-state index contributed by atoms with van der Waals surface area (Å²) in [6.45, 7) is 4.57. The zero-order valence-electron chi connectivity index (χ0n) is 10.6. The van der Waals surface area contributed by atoms with Crippen LogP contribution in [0.15, 0.2) is 27.6 Å². The van der Waals surface area contributed by atoms with Gasteiger partial charge in [-0.2, -0.15) is 0 Å². The monoisotopic (exact) mass is 331 g/mol. The molecule has 0 atom stereocenters. The Morgan fingerprint density at radius 1 is 1.50 bits per heavy atom. The van der Waals surface area contributed by atoms with Gasteiger partial charge in [0.1, 0.15) is 0 Å². The Hall–Kier alpha value is -0.520. The summed E-state index contributed by atoms with van der Waals surface area (Å²) in [5.41, 5.74) is 0.591. The zero-order chi connectivity index (χ0) is 13.7. The molecular formula is C13H18BrNO2S. The first-order valence-electron chi connectivity index (χ1n) is 5.87. The Morgan fingerprint density at radius 2 is 2.17 bits per heavy atom. The Bertz CT molecular complexity index is 423. The number of carbonyl (C=O) groups is 1. The van der Waals surface area contributed by atoms with Crippen molar-refractivity contribution in [2.75, 3.05) is 13.2 Å². The number of nitrogens with zero attached hydrogens (tertiary/aromatic N) is 1. The van der Waals surface area contributed by atoms with E-state index in [2.05, 4.69) is 28.6 Å². The number of thiol groups is 1. The molecule has 0 aromatic heterocycles. The highest BCUT2D eigenvalue weighted by Gasteiger charge is 2.20. The van der Waals surface area contributed by atoms with Crippen molar-refractivity contribution in [3.8, 4) is 0 Å². The molecule has 1 amide bonds. The van der Waals surface area contributed by atoms with Crippen molar-refractivity contribution in [3.05, 3.63) is 28.2 Å². The molecule has 0 saturated carbocycles. The second-order valence-electron chi connectivity index (χ2n) is 4.33. The van der Waals surface area contributed by atoms with E-state index in [1.165, 1.54) is 0 Å². The van der Waals surface area contributed by atoms with Crippen molar-refractivity contribution in [3.63, 3.8) is 0 Å². The number of hydrogen-bond acceptors (Lipinski definition) is 3. The van der Waals surface area contributed by atoms with Gasteiger partial charge in [0.25, 0.3) is 5.91 Å².